The largest absolute Gasteiger partial charge is 0.573 e. The fourth-order valence-corrected chi connectivity index (χ4v) is 1.79. The highest BCUT2D eigenvalue weighted by atomic mass is 79.9. The molecule has 1 aromatic heterocycles. The van der Waals surface area contributed by atoms with Crippen LogP contribution in [0.3, 0.4) is 0 Å². The Morgan fingerprint density at radius 1 is 1.29 bits per heavy atom. The van der Waals surface area contributed by atoms with Crippen LogP contribution in [0.1, 0.15) is 17.0 Å². The Labute approximate surface area is 121 Å². The predicted octanol–water partition coefficient (Wildman–Crippen LogP) is 3.52. The molecule has 1 N–H and O–H groups in total. The molecule has 0 aromatic carbocycles. The molecule has 1 aromatic rings. The molecule has 0 bridgehead atoms. The summed E-state index contributed by atoms with van der Waals surface area (Å²) in [6, 6.07) is 0.224. The molecule has 0 aliphatic carbocycles. The third-order valence-corrected chi connectivity index (χ3v) is 2.63. The maximum atomic E-state index is 12.6. The molecule has 0 fully saturated rings. The monoisotopic (exact) mass is 381 g/mol. The number of ether oxygens (including phenoxy) is 1. The number of hydrogen-bond acceptors (Lipinski definition) is 3. The molecule has 0 saturated heterocycles. The van der Waals surface area contributed by atoms with Crippen molar-refractivity contribution in [3.63, 3.8) is 0 Å². The van der Waals surface area contributed by atoms with Crippen LogP contribution in [0.25, 0.3) is 0 Å². The molecule has 0 atom stereocenters. The summed E-state index contributed by atoms with van der Waals surface area (Å²) in [5, 5.41) is 8.12. The Kier molecular flexibility index (Phi) is 5.07. The van der Waals surface area contributed by atoms with Gasteiger partial charge in [0.15, 0.2) is 5.75 Å². The highest BCUT2D eigenvalue weighted by molar-refractivity contribution is 9.08. The van der Waals surface area contributed by atoms with Crippen molar-refractivity contribution in [1.82, 2.24) is 4.98 Å². The van der Waals surface area contributed by atoms with Crippen molar-refractivity contribution in [3.05, 3.63) is 23.0 Å². The first-order chi connectivity index (χ1) is 9.44. The molecule has 11 heteroatoms. The average molecular weight is 382 g/mol. The topological polar surface area (TPSA) is 59.4 Å². The summed E-state index contributed by atoms with van der Waals surface area (Å²) in [7, 11) is 0. The van der Waals surface area contributed by atoms with Crippen molar-refractivity contribution >= 4 is 21.9 Å². The van der Waals surface area contributed by atoms with Crippen LogP contribution in [-0.4, -0.2) is 22.4 Å². The van der Waals surface area contributed by atoms with Gasteiger partial charge in [0.25, 0.3) is 0 Å². The summed E-state index contributed by atoms with van der Waals surface area (Å²) in [6.07, 6.45) is -11.2. The van der Waals surface area contributed by atoms with Gasteiger partial charge in [-0.3, -0.25) is 4.79 Å². The van der Waals surface area contributed by atoms with Crippen LogP contribution in [0.15, 0.2) is 6.07 Å². The van der Waals surface area contributed by atoms with E-state index in [1.54, 1.807) is 0 Å². The molecule has 118 valence electrons. The van der Waals surface area contributed by atoms with Gasteiger partial charge in [-0.05, 0) is 6.07 Å². The van der Waals surface area contributed by atoms with E-state index in [0.717, 1.165) is 0 Å². The zero-order valence-corrected chi connectivity index (χ0v) is 11.4. The van der Waals surface area contributed by atoms with E-state index in [4.69, 9.17) is 5.11 Å². The summed E-state index contributed by atoms with van der Waals surface area (Å²) in [4.78, 5) is 13.6. The van der Waals surface area contributed by atoms with Gasteiger partial charge in [-0.2, -0.15) is 13.2 Å². The van der Waals surface area contributed by atoms with E-state index in [1.165, 1.54) is 0 Å². The molecule has 0 aliphatic rings. The number of pyridine rings is 1. The zero-order valence-electron chi connectivity index (χ0n) is 9.85. The number of halogens is 7. The number of carboxylic acids is 1. The molecular weight excluding hydrogens is 376 g/mol. The lowest BCUT2D eigenvalue weighted by Crippen LogP contribution is -2.21. The molecule has 1 rings (SSSR count). The van der Waals surface area contributed by atoms with Gasteiger partial charge in [0.2, 0.25) is 0 Å². The third-order valence-electron chi connectivity index (χ3n) is 2.10. The summed E-state index contributed by atoms with van der Waals surface area (Å²) < 4.78 is 78.2. The van der Waals surface area contributed by atoms with Crippen LogP contribution in [0.2, 0.25) is 0 Å². The first-order valence-corrected chi connectivity index (χ1v) is 6.19. The number of aromatic nitrogens is 1. The minimum absolute atomic E-state index is 0.224. The highest BCUT2D eigenvalue weighted by Gasteiger charge is 2.38. The lowest BCUT2D eigenvalue weighted by atomic mass is 10.1. The second kappa shape index (κ2) is 6.08. The normalized spacial score (nSPS) is 12.3. The van der Waals surface area contributed by atoms with Crippen molar-refractivity contribution in [2.75, 3.05) is 0 Å². The molecule has 0 unspecified atom stereocenters. The maximum absolute atomic E-state index is 12.6. The lowest BCUT2D eigenvalue weighted by molar-refractivity contribution is -0.275. The smallest absolute Gasteiger partial charge is 0.481 e. The highest BCUT2D eigenvalue weighted by Crippen LogP contribution is 2.36. The second-order valence-corrected chi connectivity index (χ2v) is 4.25. The molecule has 0 aliphatic heterocycles. The van der Waals surface area contributed by atoms with Crippen LogP contribution in [0, 0.1) is 0 Å². The Morgan fingerprint density at radius 2 is 1.86 bits per heavy atom. The van der Waals surface area contributed by atoms with Crippen molar-refractivity contribution in [1.29, 1.82) is 0 Å². The lowest BCUT2D eigenvalue weighted by Gasteiger charge is -2.17. The van der Waals surface area contributed by atoms with Gasteiger partial charge >= 0.3 is 18.5 Å². The number of carboxylic acid groups (broad SMARTS) is 1. The van der Waals surface area contributed by atoms with Gasteiger partial charge in [-0.15, -0.1) is 13.2 Å². The summed E-state index contributed by atoms with van der Waals surface area (Å²) in [6.45, 7) is 0. The summed E-state index contributed by atoms with van der Waals surface area (Å²) >= 11 is 2.69. The molecule has 0 spiro atoms. The van der Waals surface area contributed by atoms with E-state index in [9.17, 15) is 31.1 Å². The van der Waals surface area contributed by atoms with E-state index in [-0.39, 0.29) is 6.07 Å². The van der Waals surface area contributed by atoms with E-state index < -0.39 is 53.0 Å². The summed E-state index contributed by atoms with van der Waals surface area (Å²) in [5.74, 6) is -2.66. The molecule has 0 saturated carbocycles. The van der Waals surface area contributed by atoms with Crippen LogP contribution < -0.4 is 4.74 Å². The molecule has 21 heavy (non-hydrogen) atoms. The minimum atomic E-state index is -5.19. The predicted molar refractivity (Wildman–Crippen MR) is 59.9 cm³/mol. The van der Waals surface area contributed by atoms with Crippen LogP contribution in [0.4, 0.5) is 26.3 Å². The minimum Gasteiger partial charge on any atom is -0.481 e. The number of hydrogen-bond donors (Lipinski definition) is 1. The van der Waals surface area contributed by atoms with Gasteiger partial charge in [0.05, 0.1) is 12.1 Å². The standard InChI is InChI=1S/C10H6BrF6NO3/c11-3-5-8(21-10(15,16)17)4(2-7(19)20)1-6(18-5)9(12,13)14/h1H,2-3H2,(H,19,20). The quantitative estimate of drug-likeness (QED) is 0.640. The van der Waals surface area contributed by atoms with E-state index in [1.807, 2.05) is 0 Å². The number of aliphatic carboxylic acids is 1. The Balaban J connectivity index is 3.47. The SMILES string of the molecule is O=C(O)Cc1cc(C(F)(F)F)nc(CBr)c1OC(F)(F)F. The number of carbonyl (C=O) groups is 1. The molecule has 0 radical (unpaired) electrons. The van der Waals surface area contributed by atoms with Crippen LogP contribution in [0.5, 0.6) is 5.75 Å². The fraction of sp³-hybridized carbons (Fsp3) is 0.400. The van der Waals surface area contributed by atoms with Gasteiger partial charge in [-0.1, -0.05) is 15.9 Å². The van der Waals surface area contributed by atoms with E-state index in [0.29, 0.717) is 0 Å². The number of rotatable bonds is 4. The van der Waals surface area contributed by atoms with Gasteiger partial charge in [-0.25, -0.2) is 4.98 Å². The molecule has 0 amide bonds. The summed E-state index contributed by atoms with van der Waals surface area (Å²) in [5.41, 5.74) is -2.96. The zero-order chi connectivity index (χ0) is 16.4. The average Bonchev–Trinajstić information content (AvgIpc) is 2.27. The van der Waals surface area contributed by atoms with Crippen molar-refractivity contribution < 1.29 is 41.0 Å². The Bertz CT molecular complexity index is 543. The Morgan fingerprint density at radius 3 is 2.24 bits per heavy atom. The first kappa shape index (κ1) is 17.5. The Hall–Kier alpha value is -1.52. The maximum Gasteiger partial charge on any atom is 0.573 e. The van der Waals surface area contributed by atoms with Gasteiger partial charge < -0.3 is 9.84 Å². The van der Waals surface area contributed by atoms with Gasteiger partial charge in [0.1, 0.15) is 5.69 Å². The second-order valence-electron chi connectivity index (χ2n) is 3.69. The third kappa shape index (κ3) is 5.06. The van der Waals surface area contributed by atoms with Crippen molar-refractivity contribution in [3.8, 4) is 5.75 Å². The molecule has 1 heterocycles. The van der Waals surface area contributed by atoms with Crippen LogP contribution >= 0.6 is 15.9 Å². The number of alkyl halides is 7. The van der Waals surface area contributed by atoms with Gasteiger partial charge in [0, 0.05) is 10.9 Å². The van der Waals surface area contributed by atoms with Crippen molar-refractivity contribution in [2.45, 2.75) is 24.3 Å². The molecule has 4 nitrogen and oxygen atoms in total. The molecular formula is C10H6BrF6NO3. The van der Waals surface area contributed by atoms with E-state index in [2.05, 4.69) is 25.7 Å². The van der Waals surface area contributed by atoms with Crippen molar-refractivity contribution in [2.24, 2.45) is 0 Å². The fourth-order valence-electron chi connectivity index (χ4n) is 1.41. The number of nitrogens with zero attached hydrogens (tertiary/aromatic N) is 1. The van der Waals surface area contributed by atoms with E-state index >= 15 is 0 Å². The van der Waals surface area contributed by atoms with Crippen LogP contribution in [-0.2, 0) is 22.7 Å². The first-order valence-electron chi connectivity index (χ1n) is 5.07.